The standard InChI is InChI=1S/C18H22N6/c1-2-7-15-14(6-1)18(23-22-15)21-13-8-17-16(19-9-13)10-20-24(17)11-12-4-3-5-12/h8-10,12H,1-7,11H2,(H2,21,22,23). The third kappa shape index (κ3) is 2.37. The Kier molecular flexibility index (Phi) is 3.28. The van der Waals surface area contributed by atoms with E-state index in [2.05, 4.69) is 36.3 Å². The quantitative estimate of drug-likeness (QED) is 0.770. The van der Waals surface area contributed by atoms with E-state index in [0.29, 0.717) is 0 Å². The van der Waals surface area contributed by atoms with E-state index in [4.69, 9.17) is 0 Å². The van der Waals surface area contributed by atoms with Crippen molar-refractivity contribution < 1.29 is 0 Å². The minimum Gasteiger partial charge on any atom is -0.337 e. The minimum atomic E-state index is 0.781. The van der Waals surface area contributed by atoms with Crippen LogP contribution in [-0.4, -0.2) is 25.0 Å². The van der Waals surface area contributed by atoms with Crippen LogP contribution in [0.4, 0.5) is 11.5 Å². The molecule has 0 spiro atoms. The van der Waals surface area contributed by atoms with Gasteiger partial charge in [-0.05, 0) is 50.5 Å². The topological polar surface area (TPSA) is 71.4 Å². The fourth-order valence-corrected chi connectivity index (χ4v) is 3.81. The van der Waals surface area contributed by atoms with Crippen LogP contribution in [-0.2, 0) is 19.4 Å². The summed E-state index contributed by atoms with van der Waals surface area (Å²) in [5.74, 6) is 1.74. The number of rotatable bonds is 4. The molecule has 6 heteroatoms. The van der Waals surface area contributed by atoms with E-state index in [1.807, 2.05) is 12.4 Å². The van der Waals surface area contributed by atoms with E-state index < -0.39 is 0 Å². The Morgan fingerprint density at radius 1 is 1.17 bits per heavy atom. The molecule has 0 atom stereocenters. The lowest BCUT2D eigenvalue weighted by Crippen LogP contribution is -2.18. The van der Waals surface area contributed by atoms with Gasteiger partial charge in [-0.25, -0.2) is 0 Å². The maximum absolute atomic E-state index is 4.56. The van der Waals surface area contributed by atoms with Gasteiger partial charge in [0, 0.05) is 17.8 Å². The first-order chi connectivity index (χ1) is 11.9. The Bertz CT molecular complexity index is 873. The molecular weight excluding hydrogens is 300 g/mol. The maximum atomic E-state index is 4.56. The summed E-state index contributed by atoms with van der Waals surface area (Å²) in [4.78, 5) is 4.56. The maximum Gasteiger partial charge on any atom is 0.155 e. The van der Waals surface area contributed by atoms with Crippen molar-refractivity contribution in [1.82, 2.24) is 25.0 Å². The zero-order valence-corrected chi connectivity index (χ0v) is 13.8. The number of anilines is 2. The zero-order valence-electron chi connectivity index (χ0n) is 13.8. The van der Waals surface area contributed by atoms with Crippen LogP contribution in [0.25, 0.3) is 11.0 Å². The number of pyridine rings is 1. The summed E-state index contributed by atoms with van der Waals surface area (Å²) in [7, 11) is 0. The van der Waals surface area contributed by atoms with Gasteiger partial charge in [0.2, 0.25) is 0 Å². The highest BCUT2D eigenvalue weighted by molar-refractivity contribution is 5.79. The van der Waals surface area contributed by atoms with Gasteiger partial charge in [0.25, 0.3) is 0 Å². The third-order valence-electron chi connectivity index (χ3n) is 5.47. The SMILES string of the molecule is c1nc2cnn(CC3CCC3)c2cc1Nc1n[nH]c2c1CCCC2. The van der Waals surface area contributed by atoms with E-state index >= 15 is 0 Å². The molecule has 3 aromatic rings. The molecule has 0 aromatic carbocycles. The summed E-state index contributed by atoms with van der Waals surface area (Å²) < 4.78 is 2.11. The monoisotopic (exact) mass is 322 g/mol. The summed E-state index contributed by atoms with van der Waals surface area (Å²) >= 11 is 0. The van der Waals surface area contributed by atoms with Gasteiger partial charge in [-0.1, -0.05) is 6.42 Å². The number of hydrogen-bond acceptors (Lipinski definition) is 4. The Hall–Kier alpha value is -2.37. The Labute approximate surface area is 140 Å². The first kappa shape index (κ1) is 14.0. The van der Waals surface area contributed by atoms with Gasteiger partial charge in [0.1, 0.15) is 5.52 Å². The predicted octanol–water partition coefficient (Wildman–Crippen LogP) is 3.58. The Balaban J connectivity index is 1.44. The number of nitrogens with zero attached hydrogens (tertiary/aromatic N) is 4. The van der Waals surface area contributed by atoms with E-state index in [1.54, 1.807) is 0 Å². The van der Waals surface area contributed by atoms with Crippen LogP contribution >= 0.6 is 0 Å². The van der Waals surface area contributed by atoms with Crippen molar-refractivity contribution in [3.05, 3.63) is 29.7 Å². The molecule has 0 aliphatic heterocycles. The van der Waals surface area contributed by atoms with E-state index in [0.717, 1.165) is 47.8 Å². The highest BCUT2D eigenvalue weighted by atomic mass is 15.3. The first-order valence-electron chi connectivity index (χ1n) is 9.01. The van der Waals surface area contributed by atoms with Crippen LogP contribution in [0.5, 0.6) is 0 Å². The van der Waals surface area contributed by atoms with Crippen molar-refractivity contribution >= 4 is 22.5 Å². The molecule has 1 fully saturated rings. The average Bonchev–Trinajstić information content (AvgIpc) is 3.16. The van der Waals surface area contributed by atoms with Gasteiger partial charge >= 0.3 is 0 Å². The second-order valence-corrected chi connectivity index (χ2v) is 7.11. The van der Waals surface area contributed by atoms with Crippen molar-refractivity contribution in [2.24, 2.45) is 5.92 Å². The number of aromatic nitrogens is 5. The van der Waals surface area contributed by atoms with E-state index in [9.17, 15) is 0 Å². The van der Waals surface area contributed by atoms with Crippen LogP contribution < -0.4 is 5.32 Å². The van der Waals surface area contributed by atoms with Crippen LogP contribution in [0.1, 0.15) is 43.4 Å². The van der Waals surface area contributed by atoms with Crippen LogP contribution in [0, 0.1) is 5.92 Å². The lowest BCUT2D eigenvalue weighted by molar-refractivity contribution is 0.270. The summed E-state index contributed by atoms with van der Waals surface area (Å²) in [6, 6.07) is 2.15. The molecule has 0 amide bonds. The molecule has 124 valence electrons. The van der Waals surface area contributed by atoms with Gasteiger partial charge in [-0.15, -0.1) is 0 Å². The molecule has 6 nitrogen and oxygen atoms in total. The molecule has 0 unspecified atom stereocenters. The lowest BCUT2D eigenvalue weighted by atomic mass is 9.85. The molecule has 2 aliphatic carbocycles. The second kappa shape index (κ2) is 5.61. The van der Waals surface area contributed by atoms with Gasteiger partial charge < -0.3 is 5.32 Å². The number of aryl methyl sites for hydroxylation is 1. The number of aromatic amines is 1. The van der Waals surface area contributed by atoms with Gasteiger partial charge in [0.15, 0.2) is 5.82 Å². The van der Waals surface area contributed by atoms with Crippen molar-refractivity contribution in [1.29, 1.82) is 0 Å². The molecule has 5 rings (SSSR count). The first-order valence-corrected chi connectivity index (χ1v) is 9.01. The van der Waals surface area contributed by atoms with E-state index in [-0.39, 0.29) is 0 Å². The normalized spacial score (nSPS) is 17.7. The molecule has 0 radical (unpaired) electrons. The summed E-state index contributed by atoms with van der Waals surface area (Å²) in [5.41, 5.74) is 5.68. The minimum absolute atomic E-state index is 0.781. The number of fused-ring (bicyclic) bond motifs is 2. The molecule has 0 saturated heterocycles. The van der Waals surface area contributed by atoms with Crippen molar-refractivity contribution in [3.63, 3.8) is 0 Å². The third-order valence-corrected chi connectivity index (χ3v) is 5.47. The predicted molar refractivity (Wildman–Crippen MR) is 93.4 cm³/mol. The van der Waals surface area contributed by atoms with Crippen LogP contribution in [0.3, 0.4) is 0 Å². The fourth-order valence-electron chi connectivity index (χ4n) is 3.81. The Morgan fingerprint density at radius 2 is 2.08 bits per heavy atom. The van der Waals surface area contributed by atoms with Crippen molar-refractivity contribution in [3.8, 4) is 0 Å². The fraction of sp³-hybridized carbons (Fsp3) is 0.500. The zero-order chi connectivity index (χ0) is 15.9. The molecule has 3 aromatic heterocycles. The van der Waals surface area contributed by atoms with Gasteiger partial charge in [-0.2, -0.15) is 10.2 Å². The largest absolute Gasteiger partial charge is 0.337 e. The number of hydrogen-bond donors (Lipinski definition) is 2. The summed E-state index contributed by atoms with van der Waals surface area (Å²) in [6.07, 6.45) is 12.5. The summed E-state index contributed by atoms with van der Waals surface area (Å²) in [6.45, 7) is 1.01. The van der Waals surface area contributed by atoms with Crippen LogP contribution in [0.2, 0.25) is 0 Å². The average molecular weight is 322 g/mol. The number of nitrogens with one attached hydrogen (secondary N) is 2. The molecule has 2 aliphatic rings. The highest BCUT2D eigenvalue weighted by Gasteiger charge is 2.20. The number of H-pyrrole nitrogens is 1. The Morgan fingerprint density at radius 3 is 2.96 bits per heavy atom. The molecule has 0 bridgehead atoms. The molecule has 24 heavy (non-hydrogen) atoms. The second-order valence-electron chi connectivity index (χ2n) is 7.11. The molecule has 2 N–H and O–H groups in total. The van der Waals surface area contributed by atoms with Crippen molar-refractivity contribution in [2.45, 2.75) is 51.5 Å². The van der Waals surface area contributed by atoms with Gasteiger partial charge in [0.05, 0.1) is 23.6 Å². The van der Waals surface area contributed by atoms with E-state index in [1.165, 1.54) is 43.4 Å². The molecule has 1 saturated carbocycles. The molecule has 3 heterocycles. The molecular formula is C18H22N6. The van der Waals surface area contributed by atoms with Crippen molar-refractivity contribution in [2.75, 3.05) is 5.32 Å². The van der Waals surface area contributed by atoms with Gasteiger partial charge in [-0.3, -0.25) is 14.8 Å². The summed E-state index contributed by atoms with van der Waals surface area (Å²) in [5, 5.41) is 15.6. The highest BCUT2D eigenvalue weighted by Crippen LogP contribution is 2.30. The lowest BCUT2D eigenvalue weighted by Gasteiger charge is -2.25. The smallest absolute Gasteiger partial charge is 0.155 e. The van der Waals surface area contributed by atoms with Crippen LogP contribution in [0.15, 0.2) is 18.5 Å².